The quantitative estimate of drug-likeness (QED) is 0.502. The second kappa shape index (κ2) is 5.86. The standard InChI is InChI=1S/C12H10ClN5O2S/c13-11-10-9(6-14-18-10)16-12(17-11)8-3-1-2-7(4-8)5-15-21(19)20/h1-4,6,15H,5H2,(H,14,18)(H,19,20). The second-order valence-corrected chi connectivity index (χ2v) is 5.38. The van der Waals surface area contributed by atoms with Crippen LogP contribution >= 0.6 is 11.6 Å². The molecule has 7 nitrogen and oxygen atoms in total. The zero-order valence-corrected chi connectivity index (χ0v) is 12.1. The van der Waals surface area contributed by atoms with Crippen molar-refractivity contribution < 1.29 is 8.76 Å². The minimum atomic E-state index is -2.05. The lowest BCUT2D eigenvalue weighted by molar-refractivity contribution is 0.548. The highest BCUT2D eigenvalue weighted by Gasteiger charge is 2.09. The largest absolute Gasteiger partial charge is 0.294 e. The van der Waals surface area contributed by atoms with Crippen LogP contribution in [-0.2, 0) is 17.8 Å². The molecule has 2 aromatic heterocycles. The fourth-order valence-corrected chi connectivity index (χ4v) is 2.41. The third-order valence-corrected chi connectivity index (χ3v) is 3.51. The maximum atomic E-state index is 10.6. The Morgan fingerprint density at radius 2 is 2.24 bits per heavy atom. The van der Waals surface area contributed by atoms with Gasteiger partial charge in [0.15, 0.2) is 11.0 Å². The van der Waals surface area contributed by atoms with Crippen molar-refractivity contribution in [2.45, 2.75) is 6.54 Å². The second-order valence-electron chi connectivity index (χ2n) is 4.24. The Morgan fingerprint density at radius 1 is 1.38 bits per heavy atom. The first-order valence-electron chi connectivity index (χ1n) is 5.94. The number of rotatable bonds is 4. The highest BCUT2D eigenvalue weighted by molar-refractivity contribution is 7.77. The van der Waals surface area contributed by atoms with Crippen molar-refractivity contribution in [1.82, 2.24) is 24.9 Å². The van der Waals surface area contributed by atoms with E-state index in [9.17, 15) is 4.21 Å². The van der Waals surface area contributed by atoms with E-state index in [1.807, 2.05) is 24.3 Å². The van der Waals surface area contributed by atoms with Gasteiger partial charge in [0.25, 0.3) is 0 Å². The lowest BCUT2D eigenvalue weighted by Gasteiger charge is -2.05. The lowest BCUT2D eigenvalue weighted by Crippen LogP contribution is -2.15. The normalized spacial score (nSPS) is 12.7. The van der Waals surface area contributed by atoms with Gasteiger partial charge >= 0.3 is 0 Å². The van der Waals surface area contributed by atoms with Crippen LogP contribution in [-0.4, -0.2) is 28.9 Å². The number of hydrogen-bond donors (Lipinski definition) is 3. The highest BCUT2D eigenvalue weighted by atomic mass is 35.5. The number of H-pyrrole nitrogens is 1. The van der Waals surface area contributed by atoms with Crippen molar-refractivity contribution in [2.24, 2.45) is 0 Å². The van der Waals surface area contributed by atoms with Gasteiger partial charge in [-0.1, -0.05) is 29.8 Å². The molecule has 0 aliphatic rings. The molecule has 0 amide bonds. The van der Waals surface area contributed by atoms with E-state index in [0.29, 0.717) is 22.0 Å². The summed E-state index contributed by atoms with van der Waals surface area (Å²) in [6, 6.07) is 7.33. The molecule has 21 heavy (non-hydrogen) atoms. The summed E-state index contributed by atoms with van der Waals surface area (Å²) < 4.78 is 21.8. The first kappa shape index (κ1) is 14.1. The summed E-state index contributed by atoms with van der Waals surface area (Å²) in [5.41, 5.74) is 2.82. The minimum absolute atomic E-state index is 0.263. The average molecular weight is 324 g/mol. The number of fused-ring (bicyclic) bond motifs is 1. The summed E-state index contributed by atoms with van der Waals surface area (Å²) in [4.78, 5) is 8.62. The number of nitrogens with one attached hydrogen (secondary N) is 2. The van der Waals surface area contributed by atoms with Crippen LogP contribution in [0.15, 0.2) is 30.5 Å². The maximum absolute atomic E-state index is 10.6. The fourth-order valence-electron chi connectivity index (χ4n) is 1.90. The summed E-state index contributed by atoms with van der Waals surface area (Å²) in [6.07, 6.45) is 1.58. The lowest BCUT2D eigenvalue weighted by atomic mass is 10.1. The van der Waals surface area contributed by atoms with Crippen LogP contribution in [0, 0.1) is 0 Å². The number of aromatic nitrogens is 4. The van der Waals surface area contributed by atoms with E-state index in [1.165, 1.54) is 0 Å². The molecule has 3 N–H and O–H groups in total. The summed E-state index contributed by atoms with van der Waals surface area (Å²) in [5.74, 6) is 0.473. The molecule has 1 aromatic carbocycles. The predicted octanol–water partition coefficient (Wildman–Crippen LogP) is 1.90. The Balaban J connectivity index is 1.98. The molecule has 0 saturated carbocycles. The van der Waals surface area contributed by atoms with Gasteiger partial charge in [0.1, 0.15) is 11.0 Å². The van der Waals surface area contributed by atoms with E-state index in [2.05, 4.69) is 24.9 Å². The van der Waals surface area contributed by atoms with Crippen LogP contribution in [0.4, 0.5) is 0 Å². The number of hydrogen-bond acceptors (Lipinski definition) is 4. The van der Waals surface area contributed by atoms with Gasteiger partial charge in [0.05, 0.1) is 6.20 Å². The maximum Gasteiger partial charge on any atom is 0.232 e. The molecule has 0 saturated heterocycles. The number of aromatic amines is 1. The molecule has 9 heteroatoms. The predicted molar refractivity (Wildman–Crippen MR) is 79.7 cm³/mol. The van der Waals surface area contributed by atoms with E-state index < -0.39 is 11.3 Å². The van der Waals surface area contributed by atoms with E-state index in [-0.39, 0.29) is 6.54 Å². The van der Waals surface area contributed by atoms with Crippen molar-refractivity contribution in [1.29, 1.82) is 0 Å². The fraction of sp³-hybridized carbons (Fsp3) is 0.0833. The Hall–Kier alpha value is -1.87. The van der Waals surface area contributed by atoms with Crippen LogP contribution in [0.25, 0.3) is 22.4 Å². The van der Waals surface area contributed by atoms with Crippen molar-refractivity contribution >= 4 is 33.9 Å². The van der Waals surface area contributed by atoms with Crippen molar-refractivity contribution in [3.05, 3.63) is 41.2 Å². The van der Waals surface area contributed by atoms with Crippen LogP contribution in [0.1, 0.15) is 5.56 Å². The molecular weight excluding hydrogens is 314 g/mol. The molecule has 3 rings (SSSR count). The molecule has 0 aliphatic carbocycles. The third-order valence-electron chi connectivity index (χ3n) is 2.84. The summed E-state index contributed by atoms with van der Waals surface area (Å²) in [5, 5.41) is 6.91. The summed E-state index contributed by atoms with van der Waals surface area (Å²) in [7, 11) is 0. The molecule has 0 aliphatic heterocycles. The summed E-state index contributed by atoms with van der Waals surface area (Å²) >= 11 is 4.04. The molecule has 0 fully saturated rings. The highest BCUT2D eigenvalue weighted by Crippen LogP contribution is 2.23. The molecule has 1 unspecified atom stereocenters. The number of benzene rings is 1. The van der Waals surface area contributed by atoms with E-state index >= 15 is 0 Å². The molecule has 0 spiro atoms. The molecule has 0 bridgehead atoms. The van der Waals surface area contributed by atoms with Gasteiger partial charge in [-0.15, -0.1) is 0 Å². The Bertz CT molecular complexity index is 822. The molecule has 2 heterocycles. The third kappa shape index (κ3) is 3.08. The van der Waals surface area contributed by atoms with E-state index in [4.69, 9.17) is 16.2 Å². The van der Waals surface area contributed by atoms with Crippen LogP contribution in [0.5, 0.6) is 0 Å². The van der Waals surface area contributed by atoms with Gasteiger partial charge in [0.2, 0.25) is 11.3 Å². The van der Waals surface area contributed by atoms with Crippen LogP contribution in [0.3, 0.4) is 0 Å². The topological polar surface area (TPSA) is 104 Å². The van der Waals surface area contributed by atoms with E-state index in [0.717, 1.165) is 11.1 Å². The minimum Gasteiger partial charge on any atom is -0.294 e. The van der Waals surface area contributed by atoms with E-state index in [1.54, 1.807) is 6.20 Å². The van der Waals surface area contributed by atoms with Crippen LogP contribution in [0.2, 0.25) is 5.15 Å². The van der Waals surface area contributed by atoms with Gasteiger partial charge in [-0.2, -0.15) is 5.10 Å². The Morgan fingerprint density at radius 3 is 3.05 bits per heavy atom. The van der Waals surface area contributed by atoms with Gasteiger partial charge in [-0.05, 0) is 11.6 Å². The zero-order valence-electron chi connectivity index (χ0n) is 10.6. The van der Waals surface area contributed by atoms with Gasteiger partial charge in [-0.25, -0.2) is 18.9 Å². The number of halogens is 1. The Kier molecular flexibility index (Phi) is 3.93. The van der Waals surface area contributed by atoms with Crippen molar-refractivity contribution in [2.75, 3.05) is 0 Å². The average Bonchev–Trinajstić information content (AvgIpc) is 2.94. The van der Waals surface area contributed by atoms with Crippen molar-refractivity contribution in [3.63, 3.8) is 0 Å². The molecule has 0 radical (unpaired) electrons. The molecule has 108 valence electrons. The first-order valence-corrected chi connectivity index (χ1v) is 7.42. The molecule has 1 atom stereocenters. The zero-order chi connectivity index (χ0) is 14.8. The monoisotopic (exact) mass is 323 g/mol. The smallest absolute Gasteiger partial charge is 0.232 e. The van der Waals surface area contributed by atoms with Gasteiger partial charge in [0, 0.05) is 12.1 Å². The SMILES string of the molecule is O=S(O)NCc1cccc(-c2nc(Cl)c3[nH]ncc3n2)c1. The molecule has 3 aromatic rings. The summed E-state index contributed by atoms with van der Waals surface area (Å²) in [6.45, 7) is 0.263. The van der Waals surface area contributed by atoms with Crippen molar-refractivity contribution in [3.8, 4) is 11.4 Å². The first-order chi connectivity index (χ1) is 10.1. The van der Waals surface area contributed by atoms with Gasteiger partial charge < -0.3 is 0 Å². The number of nitrogens with zero attached hydrogens (tertiary/aromatic N) is 3. The Labute approximate surface area is 127 Å². The van der Waals surface area contributed by atoms with Gasteiger partial charge in [-0.3, -0.25) is 9.65 Å². The molecular formula is C12H10ClN5O2S. The van der Waals surface area contributed by atoms with Crippen LogP contribution < -0.4 is 4.72 Å².